The number of hydrogen-bond donors (Lipinski definition) is 1. The van der Waals surface area contributed by atoms with Crippen molar-refractivity contribution in [2.75, 3.05) is 26.8 Å². The molecule has 0 radical (unpaired) electrons. The number of esters is 1. The minimum absolute atomic E-state index is 0.00446. The Morgan fingerprint density at radius 2 is 1.91 bits per heavy atom. The van der Waals surface area contributed by atoms with Gasteiger partial charge >= 0.3 is 5.97 Å². The molecule has 0 spiro atoms. The molecule has 1 aromatic rings. The maximum atomic E-state index is 12.7. The molecule has 1 aliphatic rings. The van der Waals surface area contributed by atoms with Crippen LogP contribution in [-0.2, 0) is 19.6 Å². The zero-order valence-corrected chi connectivity index (χ0v) is 13.5. The van der Waals surface area contributed by atoms with E-state index < -0.39 is 28.5 Å². The highest BCUT2D eigenvalue weighted by Gasteiger charge is 2.30. The highest BCUT2D eigenvalue weighted by Crippen LogP contribution is 2.30. The van der Waals surface area contributed by atoms with Crippen molar-refractivity contribution in [3.05, 3.63) is 23.8 Å². The lowest BCUT2D eigenvalue weighted by Crippen LogP contribution is -2.28. The molecule has 1 heterocycles. The van der Waals surface area contributed by atoms with Crippen LogP contribution in [0.5, 0.6) is 5.75 Å². The quantitative estimate of drug-likeness (QED) is 0.734. The van der Waals surface area contributed by atoms with Gasteiger partial charge in [-0.2, -0.15) is 4.31 Å². The molecule has 0 unspecified atom stereocenters. The number of benzene rings is 1. The molecular formula is C14H18N2O6S. The minimum Gasteiger partial charge on any atom is -0.495 e. The van der Waals surface area contributed by atoms with Crippen LogP contribution in [-0.4, -0.2) is 51.4 Å². The smallest absolute Gasteiger partial charge is 0.338 e. The first-order valence-corrected chi connectivity index (χ1v) is 8.44. The van der Waals surface area contributed by atoms with Crippen molar-refractivity contribution in [2.45, 2.75) is 17.7 Å². The third kappa shape index (κ3) is 3.80. The minimum atomic E-state index is -3.76. The number of nitrogens with zero attached hydrogens (tertiary/aromatic N) is 1. The van der Waals surface area contributed by atoms with Crippen molar-refractivity contribution in [3.8, 4) is 5.75 Å². The van der Waals surface area contributed by atoms with Gasteiger partial charge in [-0.05, 0) is 31.0 Å². The van der Waals surface area contributed by atoms with E-state index in [2.05, 4.69) is 0 Å². The molecule has 9 heteroatoms. The number of nitrogens with two attached hydrogens (primary N) is 1. The highest BCUT2D eigenvalue weighted by atomic mass is 32.2. The molecule has 126 valence electrons. The summed E-state index contributed by atoms with van der Waals surface area (Å²) < 4.78 is 36.5. The van der Waals surface area contributed by atoms with Crippen LogP contribution in [0.15, 0.2) is 23.1 Å². The summed E-state index contributed by atoms with van der Waals surface area (Å²) in [6.45, 7) is 0.294. The zero-order chi connectivity index (χ0) is 17.0. The number of primary amides is 1. The lowest BCUT2D eigenvalue weighted by Gasteiger charge is -2.18. The zero-order valence-electron chi connectivity index (χ0n) is 12.6. The van der Waals surface area contributed by atoms with E-state index >= 15 is 0 Å². The van der Waals surface area contributed by atoms with Crippen molar-refractivity contribution in [3.63, 3.8) is 0 Å². The Morgan fingerprint density at radius 3 is 2.48 bits per heavy atom. The van der Waals surface area contributed by atoms with Crippen LogP contribution in [0.25, 0.3) is 0 Å². The lowest BCUT2D eigenvalue weighted by atomic mass is 10.2. The summed E-state index contributed by atoms with van der Waals surface area (Å²) in [5, 5.41) is 0. The summed E-state index contributed by atoms with van der Waals surface area (Å²) in [5.41, 5.74) is 4.91. The fourth-order valence-electron chi connectivity index (χ4n) is 2.29. The molecule has 23 heavy (non-hydrogen) atoms. The lowest BCUT2D eigenvalue weighted by molar-refractivity contribution is -0.121. The van der Waals surface area contributed by atoms with Gasteiger partial charge in [-0.1, -0.05) is 0 Å². The maximum Gasteiger partial charge on any atom is 0.338 e. The monoisotopic (exact) mass is 342 g/mol. The van der Waals surface area contributed by atoms with Crippen molar-refractivity contribution >= 4 is 21.9 Å². The van der Waals surface area contributed by atoms with Gasteiger partial charge in [0.2, 0.25) is 10.0 Å². The Bertz CT molecular complexity index is 710. The van der Waals surface area contributed by atoms with Gasteiger partial charge in [-0.25, -0.2) is 13.2 Å². The molecule has 0 saturated carbocycles. The Kier molecular flexibility index (Phi) is 5.22. The summed E-state index contributed by atoms with van der Waals surface area (Å²) in [6, 6.07) is 3.94. The predicted molar refractivity (Wildman–Crippen MR) is 80.5 cm³/mol. The van der Waals surface area contributed by atoms with E-state index in [1.165, 1.54) is 29.6 Å². The second-order valence-electron chi connectivity index (χ2n) is 5.02. The molecule has 8 nitrogen and oxygen atoms in total. The van der Waals surface area contributed by atoms with Crippen LogP contribution in [0.4, 0.5) is 0 Å². The van der Waals surface area contributed by atoms with Gasteiger partial charge in [0.25, 0.3) is 5.91 Å². The first-order valence-electron chi connectivity index (χ1n) is 7.00. The Balaban J connectivity index is 2.36. The number of hydrogen-bond acceptors (Lipinski definition) is 6. The van der Waals surface area contributed by atoms with Gasteiger partial charge in [-0.3, -0.25) is 4.79 Å². The molecule has 2 N–H and O–H groups in total. The van der Waals surface area contributed by atoms with Crippen molar-refractivity contribution in [1.29, 1.82) is 0 Å². The van der Waals surface area contributed by atoms with Gasteiger partial charge in [0.1, 0.15) is 10.6 Å². The van der Waals surface area contributed by atoms with E-state index in [4.69, 9.17) is 15.2 Å². The first-order chi connectivity index (χ1) is 10.9. The van der Waals surface area contributed by atoms with Crippen molar-refractivity contribution < 1.29 is 27.5 Å². The normalized spacial score (nSPS) is 15.3. The molecule has 0 aliphatic carbocycles. The second-order valence-corrected chi connectivity index (χ2v) is 6.93. The average Bonchev–Trinajstić information content (AvgIpc) is 3.07. The Labute approximate surface area is 134 Å². The second kappa shape index (κ2) is 6.97. The molecule has 1 saturated heterocycles. The topological polar surface area (TPSA) is 116 Å². The number of carbonyl (C=O) groups excluding carboxylic acids is 2. The summed E-state index contributed by atoms with van der Waals surface area (Å²) >= 11 is 0. The van der Waals surface area contributed by atoms with E-state index in [9.17, 15) is 18.0 Å². The highest BCUT2D eigenvalue weighted by molar-refractivity contribution is 7.89. The number of methoxy groups -OCH3 is 1. The van der Waals surface area contributed by atoms with E-state index in [1.807, 2.05) is 0 Å². The van der Waals surface area contributed by atoms with Crippen LogP contribution in [0.3, 0.4) is 0 Å². The summed E-state index contributed by atoms with van der Waals surface area (Å²) in [4.78, 5) is 22.4. The summed E-state index contributed by atoms with van der Waals surface area (Å²) in [7, 11) is -2.41. The van der Waals surface area contributed by atoms with E-state index in [0.717, 1.165) is 12.8 Å². The van der Waals surface area contributed by atoms with E-state index in [0.29, 0.717) is 13.1 Å². The summed E-state index contributed by atoms with van der Waals surface area (Å²) in [5.74, 6) is -1.48. The van der Waals surface area contributed by atoms with Gasteiger partial charge in [0, 0.05) is 13.1 Å². The molecule has 0 atom stereocenters. The van der Waals surface area contributed by atoms with E-state index in [-0.39, 0.29) is 16.2 Å². The van der Waals surface area contributed by atoms with Crippen LogP contribution in [0.2, 0.25) is 0 Å². The van der Waals surface area contributed by atoms with E-state index in [1.54, 1.807) is 0 Å². The first kappa shape index (κ1) is 17.2. The van der Waals surface area contributed by atoms with Crippen molar-refractivity contribution in [2.24, 2.45) is 5.73 Å². The maximum absolute atomic E-state index is 12.7. The van der Waals surface area contributed by atoms with Gasteiger partial charge in [0.05, 0.1) is 12.7 Å². The Morgan fingerprint density at radius 1 is 1.26 bits per heavy atom. The number of sulfonamides is 1. The van der Waals surface area contributed by atoms with Crippen molar-refractivity contribution in [1.82, 2.24) is 4.31 Å². The SMILES string of the molecule is COc1ccc(C(=O)OCC(N)=O)cc1S(=O)(=O)N1CCCC1. The van der Waals surface area contributed by atoms with Crippen LogP contribution in [0, 0.1) is 0 Å². The van der Waals surface area contributed by atoms with Crippen LogP contribution in [0.1, 0.15) is 23.2 Å². The number of amides is 1. The molecule has 2 rings (SSSR count). The van der Waals surface area contributed by atoms with Crippen LogP contribution < -0.4 is 10.5 Å². The molecule has 1 amide bonds. The molecule has 0 aromatic heterocycles. The predicted octanol–water partition coefficient (Wildman–Crippen LogP) is 0.122. The number of carbonyl (C=O) groups is 2. The number of ether oxygens (including phenoxy) is 2. The van der Waals surface area contributed by atoms with Gasteiger partial charge in [0.15, 0.2) is 6.61 Å². The summed E-state index contributed by atoms with van der Waals surface area (Å²) in [6.07, 6.45) is 1.59. The van der Waals surface area contributed by atoms with Gasteiger partial charge < -0.3 is 15.2 Å². The third-order valence-electron chi connectivity index (χ3n) is 3.43. The third-order valence-corrected chi connectivity index (χ3v) is 5.35. The molecular weight excluding hydrogens is 324 g/mol. The fraction of sp³-hybridized carbons (Fsp3) is 0.429. The largest absolute Gasteiger partial charge is 0.495 e. The average molecular weight is 342 g/mol. The molecule has 1 aliphatic heterocycles. The molecule has 0 bridgehead atoms. The fourth-order valence-corrected chi connectivity index (χ4v) is 3.99. The Hall–Kier alpha value is -2.13. The van der Waals surface area contributed by atoms with Gasteiger partial charge in [-0.15, -0.1) is 0 Å². The number of rotatable bonds is 6. The molecule has 1 fully saturated rings. The standard InChI is InChI=1S/C14H18N2O6S/c1-21-11-5-4-10(14(18)22-9-13(15)17)8-12(11)23(19,20)16-6-2-3-7-16/h4-5,8H,2-3,6-7,9H2,1H3,(H2,15,17). The van der Waals surface area contributed by atoms with Crippen LogP contribution >= 0.6 is 0 Å². The molecule has 1 aromatic carbocycles.